The second-order valence-corrected chi connectivity index (χ2v) is 29.6. The maximum absolute atomic E-state index is 13.1. The van der Waals surface area contributed by atoms with Crippen LogP contribution in [0.4, 0.5) is 5.69 Å². The second-order valence-electron chi connectivity index (χ2n) is 28.4. The van der Waals surface area contributed by atoms with Gasteiger partial charge in [0.25, 0.3) is 0 Å². The number of methoxy groups -OCH3 is 5. The van der Waals surface area contributed by atoms with Gasteiger partial charge < -0.3 is 77.7 Å². The van der Waals surface area contributed by atoms with Gasteiger partial charge in [0.15, 0.2) is 0 Å². The molecule has 7 aromatic rings. The van der Waals surface area contributed by atoms with Gasteiger partial charge in [0, 0.05) is 117 Å². The molecule has 2 saturated heterocycles. The number of carbonyl (C=O) groups is 4. The number of hydrogen-bond acceptors (Lipinski definition) is 21. The molecule has 0 bridgehead atoms. The average Bonchev–Trinajstić information content (AvgIpc) is 0.794. The van der Waals surface area contributed by atoms with Crippen molar-refractivity contribution in [2.24, 2.45) is 11.8 Å². The molecule has 0 spiro atoms. The molecule has 3 heterocycles. The molecule has 636 valence electrons. The van der Waals surface area contributed by atoms with Gasteiger partial charge >= 0.3 is 23.9 Å². The molecule has 3 aliphatic rings. The summed E-state index contributed by atoms with van der Waals surface area (Å²) >= 11 is 2.26. The highest BCUT2D eigenvalue weighted by molar-refractivity contribution is 14.1. The van der Waals surface area contributed by atoms with Crippen molar-refractivity contribution in [1.29, 1.82) is 0 Å². The van der Waals surface area contributed by atoms with E-state index in [9.17, 15) is 19.2 Å². The van der Waals surface area contributed by atoms with Gasteiger partial charge in [0.2, 0.25) is 0 Å². The molecule has 10 rings (SSSR count). The van der Waals surface area contributed by atoms with Crippen molar-refractivity contribution in [2.75, 3.05) is 127 Å². The van der Waals surface area contributed by atoms with Gasteiger partial charge in [0.1, 0.15) is 42.0 Å². The Morgan fingerprint density at radius 3 is 1.62 bits per heavy atom. The SMILES string of the molecule is CCCCOc1cccc([C@H]2CCN(Cc3ccc(OC)cc3)[C@@H](C)[C@H]2C(=O)OCC)c1.CCOC(=O)/C=C(/C)NCc1ccc(NC)cc1.CCOC(=O)C1=C(C)N(Cc2ccc(OC)cc2)C=CC1c1cccc(CCCOC)c1.CCOC(=O)[C@@H]1[C@H](C)NCC[C@@H]1c1cccc(OCCOC)c1.COCCOc1cccc(I)c1. The Morgan fingerprint density at radius 2 is 1.07 bits per heavy atom. The van der Waals surface area contributed by atoms with E-state index in [4.69, 9.17) is 56.8 Å². The summed E-state index contributed by atoms with van der Waals surface area (Å²) in [5.41, 5.74) is 11.6. The zero-order chi connectivity index (χ0) is 84.7. The van der Waals surface area contributed by atoms with Gasteiger partial charge in [-0.3, -0.25) is 14.5 Å². The number of hydrogen-bond donors (Lipinski definition) is 3. The Labute approximate surface area is 709 Å². The summed E-state index contributed by atoms with van der Waals surface area (Å²) in [6, 6.07) is 57.1. The molecule has 0 radical (unpaired) electrons. The third-order valence-corrected chi connectivity index (χ3v) is 20.9. The minimum Gasteiger partial charge on any atom is -0.497 e. The highest BCUT2D eigenvalue weighted by Crippen LogP contribution is 2.41. The molecular formula is C95H128IN5O16. The number of nitrogens with one attached hydrogen (secondary N) is 3. The molecule has 21 nitrogen and oxygen atoms in total. The number of aryl methyl sites for hydroxylation is 1. The molecule has 3 aliphatic heterocycles. The number of anilines is 1. The smallest absolute Gasteiger partial charge is 0.336 e. The highest BCUT2D eigenvalue weighted by Gasteiger charge is 2.42. The van der Waals surface area contributed by atoms with Gasteiger partial charge in [-0.1, -0.05) is 110 Å². The molecular weight excluding hydrogens is 1590 g/mol. The third-order valence-electron chi connectivity index (χ3n) is 20.2. The summed E-state index contributed by atoms with van der Waals surface area (Å²) in [6.07, 6.45) is 11.5. The predicted octanol–water partition coefficient (Wildman–Crippen LogP) is 17.6. The van der Waals surface area contributed by atoms with E-state index in [1.807, 2.05) is 164 Å². The molecule has 3 N–H and O–H groups in total. The van der Waals surface area contributed by atoms with Crippen LogP contribution in [-0.4, -0.2) is 168 Å². The molecule has 22 heteroatoms. The van der Waals surface area contributed by atoms with E-state index < -0.39 is 0 Å². The minimum atomic E-state index is -0.312. The van der Waals surface area contributed by atoms with Crippen molar-refractivity contribution < 1.29 is 76.0 Å². The van der Waals surface area contributed by atoms with Crippen LogP contribution in [0, 0.1) is 15.4 Å². The Morgan fingerprint density at radius 1 is 0.538 bits per heavy atom. The lowest BCUT2D eigenvalue weighted by Crippen LogP contribution is -2.49. The molecule has 0 aliphatic carbocycles. The van der Waals surface area contributed by atoms with Crippen LogP contribution >= 0.6 is 22.6 Å². The van der Waals surface area contributed by atoms with Crippen LogP contribution in [0.3, 0.4) is 0 Å². The maximum atomic E-state index is 13.1. The number of benzene rings is 7. The summed E-state index contributed by atoms with van der Waals surface area (Å²) in [5.74, 6) is 3.22. The number of unbranched alkanes of at least 4 members (excludes halogenated alkanes) is 1. The van der Waals surface area contributed by atoms with Crippen molar-refractivity contribution in [3.05, 3.63) is 248 Å². The van der Waals surface area contributed by atoms with Crippen molar-refractivity contribution in [3.63, 3.8) is 0 Å². The van der Waals surface area contributed by atoms with E-state index in [1.165, 1.54) is 20.8 Å². The first-order valence-electron chi connectivity index (χ1n) is 40.9. The van der Waals surface area contributed by atoms with E-state index in [0.29, 0.717) is 71.5 Å². The van der Waals surface area contributed by atoms with Crippen LogP contribution in [0.1, 0.15) is 151 Å². The summed E-state index contributed by atoms with van der Waals surface area (Å²) in [5, 5.41) is 9.61. The fraction of sp³-hybridized carbons (Fsp3) is 0.453. The molecule has 7 aromatic carbocycles. The van der Waals surface area contributed by atoms with E-state index >= 15 is 0 Å². The number of piperidine rings is 2. The van der Waals surface area contributed by atoms with Crippen LogP contribution in [0.5, 0.6) is 28.7 Å². The van der Waals surface area contributed by atoms with Gasteiger partial charge in [-0.25, -0.2) is 9.59 Å². The predicted molar refractivity (Wildman–Crippen MR) is 472 cm³/mol. The number of halogens is 1. The van der Waals surface area contributed by atoms with Crippen molar-refractivity contribution >= 4 is 52.2 Å². The number of esters is 4. The highest BCUT2D eigenvalue weighted by atomic mass is 127. The summed E-state index contributed by atoms with van der Waals surface area (Å²) in [7, 11) is 10.3. The fourth-order valence-electron chi connectivity index (χ4n) is 14.0. The van der Waals surface area contributed by atoms with Crippen LogP contribution in [0.2, 0.25) is 0 Å². The Hall–Kier alpha value is -9.43. The van der Waals surface area contributed by atoms with Gasteiger partial charge in [-0.2, -0.15) is 0 Å². The van der Waals surface area contributed by atoms with Crippen LogP contribution in [-0.2, 0) is 78.4 Å². The van der Waals surface area contributed by atoms with Crippen LogP contribution in [0.15, 0.2) is 205 Å². The average molecular weight is 1720 g/mol. The molecule has 0 amide bonds. The monoisotopic (exact) mass is 1720 g/mol. The molecule has 2 fully saturated rings. The van der Waals surface area contributed by atoms with E-state index in [-0.39, 0.29) is 65.6 Å². The largest absolute Gasteiger partial charge is 0.497 e. The third kappa shape index (κ3) is 33.1. The van der Waals surface area contributed by atoms with Gasteiger partial charge in [0.05, 0.1) is 77.9 Å². The molecule has 117 heavy (non-hydrogen) atoms. The topological polar surface area (TPSA) is 222 Å². The first-order valence-corrected chi connectivity index (χ1v) is 42.0. The number of allylic oxidation sites excluding steroid dienone is 3. The molecule has 1 unspecified atom stereocenters. The lowest BCUT2D eigenvalue weighted by Gasteiger charge is -2.43. The molecule has 7 atom stereocenters. The van der Waals surface area contributed by atoms with E-state index in [0.717, 1.165) is 145 Å². The Kier molecular flexibility index (Phi) is 44.9. The second kappa shape index (κ2) is 54.5. The van der Waals surface area contributed by atoms with E-state index in [2.05, 4.69) is 129 Å². The standard InChI is InChI=1S/C27H33NO4.C27H37NO4.C18H27NO4.C14H20N2O2.C9H11IO2/c1-5-32-27(29)26-20(2)28(19-22-11-13-24(31-4)14-12-22)16-15-25(26)23-10-6-8-21(18-23)9-7-17-30-3;1-5-7-17-32-24-10-8-9-22(18-24)25-15-16-28(20(3)26(25)27(29)31-6-2)19-21-11-13-23(30-4)14-12-21;1-4-22-18(20)17-13(2)19-9-8-16(17)14-6-5-7-15(12-14)23-11-10-21-3;1-4-18-14(17)9-11(2)16-10-12-5-7-13(15-3)8-6-12;1-11-5-6-12-9-4-2-3-8(10)7-9/h6,8,10-16,18,25H,5,7,9,17,19H2,1-4H3;8-14,18,20,25-26H,5-7,15-17,19H2,1-4H3;5-7,12-13,16-17,19H,4,8-11H2,1-3H3;5-9,15-16H,4,10H2,1-3H3;2-4,7H,5-6H2,1H3/b;;;11-9-;/t;20-,25+,26+;13-,16+,17+;;/m.00../s1. The number of rotatable bonds is 37. The van der Waals surface area contributed by atoms with Crippen LogP contribution < -0.4 is 39.6 Å². The maximum Gasteiger partial charge on any atom is 0.336 e. The van der Waals surface area contributed by atoms with Crippen molar-refractivity contribution in [1.82, 2.24) is 20.4 Å². The normalized spacial score (nSPS) is 17.6. The number of ether oxygens (including phenoxy) is 12. The number of carbonyl (C=O) groups excluding carboxylic acids is 4. The zero-order valence-electron chi connectivity index (χ0n) is 71.6. The number of nitrogens with zero attached hydrogens (tertiary/aromatic N) is 2. The summed E-state index contributed by atoms with van der Waals surface area (Å²) in [4.78, 5) is 54.1. The van der Waals surface area contributed by atoms with Crippen molar-refractivity contribution in [2.45, 2.75) is 150 Å². The van der Waals surface area contributed by atoms with Gasteiger partial charge in [-0.15, -0.1) is 0 Å². The lowest BCUT2D eigenvalue weighted by molar-refractivity contribution is -0.153. The first-order chi connectivity index (χ1) is 56.8. The fourth-order valence-corrected chi connectivity index (χ4v) is 14.5. The number of likely N-dealkylation sites (tertiary alicyclic amines) is 1. The zero-order valence-corrected chi connectivity index (χ0v) is 73.8. The Bertz CT molecular complexity index is 4140. The first kappa shape index (κ1) is 96.4. The molecule has 0 saturated carbocycles. The summed E-state index contributed by atoms with van der Waals surface area (Å²) < 4.78 is 64.9. The Balaban J connectivity index is 0.000000236. The van der Waals surface area contributed by atoms with Crippen molar-refractivity contribution in [3.8, 4) is 28.7 Å². The molecule has 0 aromatic heterocycles. The van der Waals surface area contributed by atoms with Crippen LogP contribution in [0.25, 0.3) is 0 Å². The van der Waals surface area contributed by atoms with Gasteiger partial charge in [-0.05, 0) is 241 Å². The summed E-state index contributed by atoms with van der Waals surface area (Å²) in [6.45, 7) is 26.8. The lowest BCUT2D eigenvalue weighted by atomic mass is 9.76. The quantitative estimate of drug-likeness (QED) is 0.0108. The van der Waals surface area contributed by atoms with E-state index in [1.54, 1.807) is 42.5 Å². The minimum absolute atomic E-state index is 0.0690.